The monoisotopic (exact) mass is 497 g/mol. The first-order valence-corrected chi connectivity index (χ1v) is 10.4. The smallest absolute Gasteiger partial charge is 0.235 e. The SMILES string of the molecule is COc1cc(F)c(F)c(Cc2ccc(I)cc2F)c1NS(=O)(=O)C1CC1. The minimum absolute atomic E-state index is 0.115. The lowest BCUT2D eigenvalue weighted by atomic mass is 10.0. The molecule has 0 aromatic heterocycles. The van der Waals surface area contributed by atoms with Gasteiger partial charge in [-0.25, -0.2) is 21.6 Å². The second-order valence-corrected chi connectivity index (χ2v) is 9.19. The fourth-order valence-corrected chi connectivity index (χ4v) is 4.44. The summed E-state index contributed by atoms with van der Waals surface area (Å²) in [5.74, 6) is -3.18. The van der Waals surface area contributed by atoms with E-state index in [9.17, 15) is 21.6 Å². The van der Waals surface area contributed by atoms with Gasteiger partial charge in [0.2, 0.25) is 10.0 Å². The Morgan fingerprint density at radius 1 is 1.19 bits per heavy atom. The van der Waals surface area contributed by atoms with E-state index in [1.54, 1.807) is 6.07 Å². The van der Waals surface area contributed by atoms with E-state index in [-0.39, 0.29) is 29.0 Å². The van der Waals surface area contributed by atoms with E-state index in [2.05, 4.69) is 4.72 Å². The van der Waals surface area contributed by atoms with Gasteiger partial charge < -0.3 is 4.74 Å². The number of rotatable bonds is 6. The van der Waals surface area contributed by atoms with Gasteiger partial charge in [-0.2, -0.15) is 0 Å². The molecular formula is C17H15F3INO3S. The largest absolute Gasteiger partial charge is 0.494 e. The fourth-order valence-electron chi connectivity index (χ4n) is 2.55. The quantitative estimate of drug-likeness (QED) is 0.609. The van der Waals surface area contributed by atoms with Crippen molar-refractivity contribution in [2.75, 3.05) is 11.8 Å². The predicted molar refractivity (Wildman–Crippen MR) is 100 cm³/mol. The lowest BCUT2D eigenvalue weighted by molar-refractivity contribution is 0.407. The Balaban J connectivity index is 2.10. The van der Waals surface area contributed by atoms with E-state index >= 15 is 0 Å². The van der Waals surface area contributed by atoms with Gasteiger partial charge in [-0.05, 0) is 53.1 Å². The number of halogens is 4. The van der Waals surface area contributed by atoms with Gasteiger partial charge in [-0.15, -0.1) is 0 Å². The summed E-state index contributed by atoms with van der Waals surface area (Å²) in [6, 6.07) is 5.11. The van der Waals surface area contributed by atoms with Gasteiger partial charge in [0.05, 0.1) is 18.0 Å². The van der Waals surface area contributed by atoms with Crippen LogP contribution in [-0.4, -0.2) is 20.8 Å². The zero-order valence-electron chi connectivity index (χ0n) is 13.7. The molecule has 0 saturated heterocycles. The summed E-state index contributed by atoms with van der Waals surface area (Å²) in [6.07, 6.45) is 0.677. The van der Waals surface area contributed by atoms with Crippen LogP contribution < -0.4 is 9.46 Å². The van der Waals surface area contributed by atoms with Crippen molar-refractivity contribution in [3.05, 3.63) is 56.4 Å². The molecule has 26 heavy (non-hydrogen) atoms. The number of sulfonamides is 1. The lowest BCUT2D eigenvalue weighted by Crippen LogP contribution is -2.20. The number of hydrogen-bond acceptors (Lipinski definition) is 3. The minimum atomic E-state index is -3.75. The van der Waals surface area contributed by atoms with Crippen LogP contribution >= 0.6 is 22.6 Å². The molecule has 140 valence electrons. The molecule has 1 saturated carbocycles. The number of nitrogens with one attached hydrogen (secondary N) is 1. The van der Waals surface area contributed by atoms with Crippen LogP contribution in [0.4, 0.5) is 18.9 Å². The van der Waals surface area contributed by atoms with Gasteiger partial charge in [0.15, 0.2) is 11.6 Å². The molecule has 4 nitrogen and oxygen atoms in total. The van der Waals surface area contributed by atoms with Crippen LogP contribution in [0, 0.1) is 21.0 Å². The highest BCUT2D eigenvalue weighted by Gasteiger charge is 2.37. The Morgan fingerprint density at radius 3 is 2.46 bits per heavy atom. The molecule has 0 atom stereocenters. The van der Waals surface area contributed by atoms with Crippen LogP contribution in [0.1, 0.15) is 24.0 Å². The van der Waals surface area contributed by atoms with Gasteiger partial charge in [-0.1, -0.05) is 6.07 Å². The number of hydrogen-bond donors (Lipinski definition) is 1. The maximum Gasteiger partial charge on any atom is 0.235 e. The van der Waals surface area contributed by atoms with Crippen LogP contribution in [0.2, 0.25) is 0 Å². The first-order valence-electron chi connectivity index (χ1n) is 7.73. The Kier molecular flexibility index (Phi) is 5.38. The standard InChI is InChI=1S/C17H15F3INO3S/c1-25-15-8-14(19)16(20)12(6-9-2-3-10(21)7-13(9)18)17(15)22-26(23,24)11-4-5-11/h2-3,7-8,11,22H,4-6H2,1H3. The second kappa shape index (κ2) is 7.26. The van der Waals surface area contributed by atoms with Gasteiger partial charge >= 0.3 is 0 Å². The molecule has 0 radical (unpaired) electrons. The third-order valence-electron chi connectivity index (χ3n) is 4.09. The van der Waals surface area contributed by atoms with E-state index in [4.69, 9.17) is 4.74 Å². The molecular weight excluding hydrogens is 482 g/mol. The topological polar surface area (TPSA) is 55.4 Å². The van der Waals surface area contributed by atoms with Crippen LogP contribution in [0.15, 0.2) is 24.3 Å². The van der Waals surface area contributed by atoms with Crippen LogP contribution in [0.3, 0.4) is 0 Å². The average Bonchev–Trinajstić information content (AvgIpc) is 3.41. The average molecular weight is 497 g/mol. The van der Waals surface area contributed by atoms with Crippen molar-refractivity contribution in [3.63, 3.8) is 0 Å². The van der Waals surface area contributed by atoms with Gasteiger partial charge in [0.25, 0.3) is 0 Å². The van der Waals surface area contributed by atoms with Crippen LogP contribution in [0.5, 0.6) is 5.75 Å². The van der Waals surface area contributed by atoms with E-state index in [1.165, 1.54) is 19.2 Å². The molecule has 0 bridgehead atoms. The predicted octanol–water partition coefficient (Wildman–Crippen LogP) is 4.21. The molecule has 3 rings (SSSR count). The van der Waals surface area contributed by atoms with Crippen LogP contribution in [0.25, 0.3) is 0 Å². The van der Waals surface area contributed by atoms with Crippen molar-refractivity contribution >= 4 is 38.3 Å². The molecule has 1 aliphatic carbocycles. The molecule has 0 heterocycles. The van der Waals surface area contributed by atoms with Crippen molar-refractivity contribution < 1.29 is 26.3 Å². The Bertz CT molecular complexity index is 962. The number of ether oxygens (including phenoxy) is 1. The van der Waals surface area contributed by atoms with Gasteiger partial charge in [0.1, 0.15) is 11.6 Å². The fraction of sp³-hybridized carbons (Fsp3) is 0.294. The maximum absolute atomic E-state index is 14.5. The van der Waals surface area contributed by atoms with Gasteiger partial charge in [-0.3, -0.25) is 4.72 Å². The molecule has 1 N–H and O–H groups in total. The highest BCUT2D eigenvalue weighted by atomic mass is 127. The van der Waals surface area contributed by atoms with Crippen molar-refractivity contribution in [1.29, 1.82) is 0 Å². The summed E-state index contributed by atoms with van der Waals surface area (Å²) < 4.78 is 75.1. The Labute approximate surface area is 162 Å². The highest BCUT2D eigenvalue weighted by Crippen LogP contribution is 2.38. The molecule has 1 fully saturated rings. The van der Waals surface area contributed by atoms with Crippen molar-refractivity contribution in [1.82, 2.24) is 0 Å². The Hall–Kier alpha value is -1.49. The van der Waals surface area contributed by atoms with Crippen molar-refractivity contribution in [2.45, 2.75) is 24.5 Å². The van der Waals surface area contributed by atoms with Gasteiger partial charge in [0, 0.05) is 21.6 Å². The molecule has 0 amide bonds. The summed E-state index contributed by atoms with van der Waals surface area (Å²) in [5.41, 5.74) is -0.383. The van der Waals surface area contributed by atoms with E-state index in [0.717, 1.165) is 6.07 Å². The van der Waals surface area contributed by atoms with Crippen molar-refractivity contribution in [2.24, 2.45) is 0 Å². The zero-order chi connectivity index (χ0) is 19.1. The summed E-state index contributed by atoms with van der Waals surface area (Å²) in [7, 11) is -2.53. The number of anilines is 1. The first kappa shape index (κ1) is 19.3. The molecule has 0 spiro atoms. The highest BCUT2D eigenvalue weighted by molar-refractivity contribution is 14.1. The van der Waals surface area contributed by atoms with E-state index < -0.39 is 32.7 Å². The van der Waals surface area contributed by atoms with Crippen molar-refractivity contribution in [3.8, 4) is 5.75 Å². The molecule has 0 unspecified atom stereocenters. The molecule has 2 aromatic rings. The summed E-state index contributed by atoms with van der Waals surface area (Å²) in [6.45, 7) is 0. The summed E-state index contributed by atoms with van der Waals surface area (Å²) >= 11 is 1.93. The second-order valence-electron chi connectivity index (χ2n) is 5.99. The summed E-state index contributed by atoms with van der Waals surface area (Å²) in [5, 5.41) is -0.566. The summed E-state index contributed by atoms with van der Waals surface area (Å²) in [4.78, 5) is 0. The zero-order valence-corrected chi connectivity index (χ0v) is 16.6. The van der Waals surface area contributed by atoms with E-state index in [0.29, 0.717) is 16.4 Å². The first-order chi connectivity index (χ1) is 12.2. The third kappa shape index (κ3) is 3.93. The normalized spacial score (nSPS) is 14.3. The molecule has 9 heteroatoms. The van der Waals surface area contributed by atoms with E-state index in [1.807, 2.05) is 22.6 Å². The molecule has 0 aliphatic heterocycles. The lowest BCUT2D eigenvalue weighted by Gasteiger charge is -2.17. The number of benzene rings is 2. The molecule has 2 aromatic carbocycles. The minimum Gasteiger partial charge on any atom is -0.494 e. The third-order valence-corrected chi connectivity index (χ3v) is 6.60. The number of methoxy groups -OCH3 is 1. The molecule has 1 aliphatic rings. The maximum atomic E-state index is 14.5. The van der Waals surface area contributed by atoms with Crippen LogP contribution in [-0.2, 0) is 16.4 Å². The Morgan fingerprint density at radius 2 is 1.88 bits per heavy atom.